The van der Waals surface area contributed by atoms with Crippen LogP contribution in [0.25, 0.3) is 28.1 Å². The molecule has 0 fully saturated rings. The summed E-state index contributed by atoms with van der Waals surface area (Å²) in [6, 6.07) is 20.3. The second-order valence-corrected chi connectivity index (χ2v) is 7.65. The van der Waals surface area contributed by atoms with E-state index < -0.39 is 0 Å². The Morgan fingerprint density at radius 3 is 2.62 bits per heavy atom. The van der Waals surface area contributed by atoms with Gasteiger partial charge in [0.1, 0.15) is 5.82 Å². The fourth-order valence-corrected chi connectivity index (χ4v) is 4.00. The minimum absolute atomic E-state index is 0.672. The standard InChI is InChI=1S/C22H18N6S/c1-15-8-10-17(11-9-15)28-21(16-5-4-12-23-13-16)26-27-22(28)29-14-20-24-18-6-2-3-7-19(18)25-20/h2-13H,14H2,1H3,(H,24,25). The van der Waals surface area contributed by atoms with Crippen LogP contribution in [0.2, 0.25) is 0 Å². The van der Waals surface area contributed by atoms with E-state index in [1.165, 1.54) is 5.56 Å². The molecule has 0 aliphatic carbocycles. The molecular formula is C22H18N6S. The molecule has 0 saturated heterocycles. The summed E-state index contributed by atoms with van der Waals surface area (Å²) >= 11 is 1.61. The van der Waals surface area contributed by atoms with Crippen molar-refractivity contribution in [3.63, 3.8) is 0 Å². The maximum atomic E-state index is 4.66. The molecule has 1 N–H and O–H groups in total. The number of hydrogen-bond acceptors (Lipinski definition) is 5. The van der Waals surface area contributed by atoms with Gasteiger partial charge in [0, 0.05) is 23.6 Å². The molecule has 0 saturated carbocycles. The van der Waals surface area contributed by atoms with Crippen LogP contribution in [-0.4, -0.2) is 29.7 Å². The van der Waals surface area contributed by atoms with Gasteiger partial charge < -0.3 is 4.98 Å². The summed E-state index contributed by atoms with van der Waals surface area (Å²) in [5.74, 6) is 2.36. The molecule has 6 nitrogen and oxygen atoms in total. The van der Waals surface area contributed by atoms with E-state index in [2.05, 4.69) is 60.9 Å². The van der Waals surface area contributed by atoms with Crippen molar-refractivity contribution in [2.75, 3.05) is 0 Å². The first kappa shape index (κ1) is 17.6. The third kappa shape index (κ3) is 3.52. The number of hydrogen-bond donors (Lipinski definition) is 1. The van der Waals surface area contributed by atoms with Gasteiger partial charge in [-0.1, -0.05) is 41.6 Å². The number of fused-ring (bicyclic) bond motifs is 1. The van der Waals surface area contributed by atoms with Crippen molar-refractivity contribution in [2.24, 2.45) is 0 Å². The number of H-pyrrole nitrogens is 1. The molecule has 142 valence electrons. The lowest BCUT2D eigenvalue weighted by atomic mass is 10.2. The zero-order chi connectivity index (χ0) is 19.6. The summed E-state index contributed by atoms with van der Waals surface area (Å²) in [5, 5.41) is 9.74. The van der Waals surface area contributed by atoms with E-state index in [0.29, 0.717) is 5.75 Å². The first-order valence-electron chi connectivity index (χ1n) is 9.27. The average Bonchev–Trinajstić information content (AvgIpc) is 3.37. The number of nitrogens with one attached hydrogen (secondary N) is 1. The van der Waals surface area contributed by atoms with E-state index in [-0.39, 0.29) is 0 Å². The van der Waals surface area contributed by atoms with Crippen LogP contribution in [0.5, 0.6) is 0 Å². The number of aromatic amines is 1. The Labute approximate surface area is 172 Å². The fourth-order valence-electron chi connectivity index (χ4n) is 3.18. The molecule has 0 aliphatic rings. The Kier molecular flexibility index (Phi) is 4.57. The largest absolute Gasteiger partial charge is 0.341 e. The summed E-state index contributed by atoms with van der Waals surface area (Å²) in [4.78, 5) is 12.3. The number of thioether (sulfide) groups is 1. The second kappa shape index (κ2) is 7.52. The Morgan fingerprint density at radius 1 is 0.966 bits per heavy atom. The van der Waals surface area contributed by atoms with Gasteiger partial charge in [-0.3, -0.25) is 9.55 Å². The van der Waals surface area contributed by atoms with Crippen molar-refractivity contribution in [2.45, 2.75) is 17.8 Å². The lowest BCUT2D eigenvalue weighted by Gasteiger charge is -2.10. The van der Waals surface area contributed by atoms with E-state index in [4.69, 9.17) is 0 Å². The summed E-state index contributed by atoms with van der Waals surface area (Å²) in [7, 11) is 0. The quantitative estimate of drug-likeness (QED) is 0.430. The number of aryl methyl sites for hydroxylation is 1. The molecule has 0 radical (unpaired) electrons. The molecule has 3 aromatic heterocycles. The summed E-state index contributed by atoms with van der Waals surface area (Å²) in [6.07, 6.45) is 3.57. The van der Waals surface area contributed by atoms with Crippen LogP contribution >= 0.6 is 11.8 Å². The van der Waals surface area contributed by atoms with E-state index in [0.717, 1.165) is 39.1 Å². The van der Waals surface area contributed by atoms with Crippen molar-refractivity contribution in [1.29, 1.82) is 0 Å². The summed E-state index contributed by atoms with van der Waals surface area (Å²) in [5.41, 5.74) is 5.17. The van der Waals surface area contributed by atoms with Crippen molar-refractivity contribution < 1.29 is 0 Å². The highest BCUT2D eigenvalue weighted by Crippen LogP contribution is 2.29. The number of aromatic nitrogens is 6. The number of imidazole rings is 1. The zero-order valence-corrected chi connectivity index (χ0v) is 16.6. The first-order chi connectivity index (χ1) is 14.3. The minimum atomic E-state index is 0.672. The molecule has 0 spiro atoms. The van der Waals surface area contributed by atoms with Crippen molar-refractivity contribution >= 4 is 22.8 Å². The number of pyridine rings is 1. The Balaban J connectivity index is 1.52. The zero-order valence-electron chi connectivity index (χ0n) is 15.8. The summed E-state index contributed by atoms with van der Waals surface area (Å²) in [6.45, 7) is 2.08. The molecule has 5 aromatic rings. The van der Waals surface area contributed by atoms with Gasteiger partial charge in [-0.25, -0.2) is 4.98 Å². The SMILES string of the molecule is Cc1ccc(-n2c(SCc3nc4ccccc4[nH]3)nnc2-c2cccnc2)cc1. The van der Waals surface area contributed by atoms with Gasteiger partial charge in [0.05, 0.1) is 16.8 Å². The van der Waals surface area contributed by atoms with Crippen LogP contribution < -0.4 is 0 Å². The number of rotatable bonds is 5. The normalized spacial score (nSPS) is 11.2. The topological polar surface area (TPSA) is 72.3 Å². The average molecular weight is 398 g/mol. The molecule has 2 aromatic carbocycles. The summed E-state index contributed by atoms with van der Waals surface area (Å²) < 4.78 is 2.07. The van der Waals surface area contributed by atoms with Gasteiger partial charge in [-0.2, -0.15) is 0 Å². The van der Waals surface area contributed by atoms with Crippen LogP contribution in [0, 0.1) is 6.92 Å². The molecule has 3 heterocycles. The monoisotopic (exact) mass is 398 g/mol. The van der Waals surface area contributed by atoms with Crippen LogP contribution in [0.3, 0.4) is 0 Å². The maximum absolute atomic E-state index is 4.66. The highest BCUT2D eigenvalue weighted by Gasteiger charge is 2.17. The highest BCUT2D eigenvalue weighted by molar-refractivity contribution is 7.98. The third-order valence-electron chi connectivity index (χ3n) is 4.62. The predicted molar refractivity (Wildman–Crippen MR) is 115 cm³/mol. The van der Waals surface area contributed by atoms with E-state index in [1.807, 2.05) is 42.6 Å². The lowest BCUT2D eigenvalue weighted by Crippen LogP contribution is -2.00. The molecule has 0 amide bonds. The van der Waals surface area contributed by atoms with Gasteiger partial charge in [-0.15, -0.1) is 10.2 Å². The molecule has 0 unspecified atom stereocenters. The first-order valence-corrected chi connectivity index (χ1v) is 10.3. The molecule has 0 atom stereocenters. The predicted octanol–water partition coefficient (Wildman–Crippen LogP) is 4.81. The van der Waals surface area contributed by atoms with E-state index in [1.54, 1.807) is 18.0 Å². The minimum Gasteiger partial charge on any atom is -0.341 e. The maximum Gasteiger partial charge on any atom is 0.196 e. The molecular weight excluding hydrogens is 380 g/mol. The Hall–Kier alpha value is -3.45. The van der Waals surface area contributed by atoms with Gasteiger partial charge in [0.15, 0.2) is 11.0 Å². The third-order valence-corrected chi connectivity index (χ3v) is 5.56. The van der Waals surface area contributed by atoms with E-state index >= 15 is 0 Å². The van der Waals surface area contributed by atoms with Gasteiger partial charge >= 0.3 is 0 Å². The molecule has 29 heavy (non-hydrogen) atoms. The molecule has 5 rings (SSSR count). The van der Waals surface area contributed by atoms with Gasteiger partial charge in [0.2, 0.25) is 0 Å². The molecule has 0 aliphatic heterocycles. The van der Waals surface area contributed by atoms with Crippen LogP contribution in [0.15, 0.2) is 78.2 Å². The van der Waals surface area contributed by atoms with Crippen molar-refractivity contribution in [3.05, 3.63) is 84.4 Å². The van der Waals surface area contributed by atoms with E-state index in [9.17, 15) is 0 Å². The number of para-hydroxylation sites is 2. The fraction of sp³-hybridized carbons (Fsp3) is 0.0909. The van der Waals surface area contributed by atoms with Crippen LogP contribution in [0.4, 0.5) is 0 Å². The number of benzene rings is 2. The Bertz CT molecular complexity index is 1220. The van der Waals surface area contributed by atoms with Gasteiger partial charge in [0.25, 0.3) is 0 Å². The smallest absolute Gasteiger partial charge is 0.196 e. The van der Waals surface area contributed by atoms with Crippen molar-refractivity contribution in [1.82, 2.24) is 29.7 Å². The highest BCUT2D eigenvalue weighted by atomic mass is 32.2. The molecule has 0 bridgehead atoms. The van der Waals surface area contributed by atoms with Crippen LogP contribution in [-0.2, 0) is 5.75 Å². The van der Waals surface area contributed by atoms with Gasteiger partial charge in [-0.05, 0) is 43.3 Å². The lowest BCUT2D eigenvalue weighted by molar-refractivity contribution is 0.884. The number of nitrogens with zero attached hydrogens (tertiary/aromatic N) is 5. The molecule has 7 heteroatoms. The van der Waals surface area contributed by atoms with Crippen molar-refractivity contribution in [3.8, 4) is 17.1 Å². The van der Waals surface area contributed by atoms with Crippen LogP contribution in [0.1, 0.15) is 11.4 Å². The second-order valence-electron chi connectivity index (χ2n) is 6.71. The Morgan fingerprint density at radius 2 is 1.83 bits per heavy atom.